The molecule has 4 aromatic rings. The minimum Gasteiger partial charge on any atom is -0.497 e. The first-order chi connectivity index (χ1) is 19.0. The fourth-order valence-electron chi connectivity index (χ4n) is 5.25. The average molecular weight is 527 g/mol. The normalized spacial score (nSPS) is 10.9. The maximum atomic E-state index is 5.59. The summed E-state index contributed by atoms with van der Waals surface area (Å²) in [6.07, 6.45) is 0. The molecular weight excluding hydrogens is 484 g/mol. The molecule has 0 spiro atoms. The van der Waals surface area contributed by atoms with Gasteiger partial charge in [-0.15, -0.1) is 0 Å². The van der Waals surface area contributed by atoms with E-state index in [0.29, 0.717) is 0 Å². The Bertz CT molecular complexity index is 1330. The number of rotatable bonds is 12. The third kappa shape index (κ3) is 5.75. The fraction of sp³-hybridized carbons (Fsp3) is 0.364. The Kier molecular flexibility index (Phi) is 9.18. The van der Waals surface area contributed by atoms with Gasteiger partial charge >= 0.3 is 0 Å². The first-order valence-corrected chi connectivity index (χ1v) is 14.1. The highest BCUT2D eigenvalue weighted by atomic mass is 16.5. The number of aromatic nitrogens is 2. The molecule has 0 amide bonds. The van der Waals surface area contributed by atoms with E-state index in [0.717, 1.165) is 78.1 Å². The summed E-state index contributed by atoms with van der Waals surface area (Å²) in [5.74, 6) is 2.37. The lowest BCUT2D eigenvalue weighted by Crippen LogP contribution is -2.21. The summed E-state index contributed by atoms with van der Waals surface area (Å²) in [6.45, 7) is 15.6. The van der Waals surface area contributed by atoms with E-state index in [1.165, 1.54) is 11.4 Å². The van der Waals surface area contributed by atoms with Gasteiger partial charge in [-0.25, -0.2) is 4.98 Å². The van der Waals surface area contributed by atoms with Crippen LogP contribution in [0.5, 0.6) is 11.5 Å². The van der Waals surface area contributed by atoms with Gasteiger partial charge in [-0.2, -0.15) is 0 Å². The molecule has 0 unspecified atom stereocenters. The third-order valence-corrected chi connectivity index (χ3v) is 7.43. The molecule has 3 aromatic carbocycles. The molecule has 0 aliphatic rings. The van der Waals surface area contributed by atoms with Crippen molar-refractivity contribution in [2.45, 2.75) is 41.2 Å². The first kappa shape index (κ1) is 28.1. The Morgan fingerprint density at radius 2 is 1.08 bits per heavy atom. The van der Waals surface area contributed by atoms with E-state index in [-0.39, 0.29) is 0 Å². The smallest absolute Gasteiger partial charge is 0.141 e. The molecule has 6 heteroatoms. The Morgan fingerprint density at radius 3 is 1.49 bits per heavy atom. The van der Waals surface area contributed by atoms with Crippen molar-refractivity contribution in [3.8, 4) is 45.4 Å². The highest BCUT2D eigenvalue weighted by Gasteiger charge is 2.22. The van der Waals surface area contributed by atoms with Crippen molar-refractivity contribution in [3.05, 3.63) is 66.7 Å². The van der Waals surface area contributed by atoms with Crippen molar-refractivity contribution in [3.63, 3.8) is 0 Å². The highest BCUT2D eigenvalue weighted by molar-refractivity contribution is 5.83. The minimum atomic E-state index is 0.741. The molecule has 0 N–H and O–H groups in total. The summed E-state index contributed by atoms with van der Waals surface area (Å²) < 4.78 is 13.5. The van der Waals surface area contributed by atoms with Crippen molar-refractivity contribution >= 4 is 11.4 Å². The number of benzene rings is 3. The van der Waals surface area contributed by atoms with Gasteiger partial charge in [0.1, 0.15) is 17.3 Å². The molecule has 39 heavy (non-hydrogen) atoms. The lowest BCUT2D eigenvalue weighted by atomic mass is 10.0. The van der Waals surface area contributed by atoms with E-state index in [2.05, 4.69) is 97.5 Å². The van der Waals surface area contributed by atoms with Gasteiger partial charge < -0.3 is 23.8 Å². The standard InChI is InChI=1S/C33H42N4O2/c1-8-35(9-2)27-17-13-24(14-18-27)31-32(25-15-19-28(20-16-25)36(10-3)11-4)37(12-5)33(34-31)26-21-29(38-6)23-30(22-26)39-7/h13-23H,8-12H2,1-7H3. The zero-order valence-electron chi connectivity index (χ0n) is 24.5. The molecule has 0 aliphatic heterocycles. The Labute approximate surface area is 233 Å². The predicted octanol–water partition coefficient (Wildman–Crippen LogP) is 7.61. The monoisotopic (exact) mass is 526 g/mol. The molecule has 4 rings (SSSR count). The van der Waals surface area contributed by atoms with Crippen LogP contribution in [0.4, 0.5) is 11.4 Å². The van der Waals surface area contributed by atoms with Crippen LogP contribution < -0.4 is 19.3 Å². The summed E-state index contributed by atoms with van der Waals surface area (Å²) in [7, 11) is 3.35. The van der Waals surface area contributed by atoms with Crippen LogP contribution in [0.3, 0.4) is 0 Å². The molecule has 0 aliphatic carbocycles. The second-order valence-electron chi connectivity index (χ2n) is 9.42. The van der Waals surface area contributed by atoms with Crippen molar-refractivity contribution in [2.75, 3.05) is 50.2 Å². The van der Waals surface area contributed by atoms with Crippen molar-refractivity contribution in [1.29, 1.82) is 0 Å². The summed E-state index contributed by atoms with van der Waals surface area (Å²) in [4.78, 5) is 10.0. The lowest BCUT2D eigenvalue weighted by Gasteiger charge is -2.21. The molecule has 0 radical (unpaired) electrons. The van der Waals surface area contributed by atoms with E-state index >= 15 is 0 Å². The third-order valence-electron chi connectivity index (χ3n) is 7.43. The zero-order chi connectivity index (χ0) is 27.9. The lowest BCUT2D eigenvalue weighted by molar-refractivity contribution is 0.394. The van der Waals surface area contributed by atoms with E-state index in [4.69, 9.17) is 14.5 Å². The maximum Gasteiger partial charge on any atom is 0.141 e. The van der Waals surface area contributed by atoms with Gasteiger partial charge in [0, 0.05) is 66.9 Å². The Morgan fingerprint density at radius 1 is 0.615 bits per heavy atom. The van der Waals surface area contributed by atoms with Gasteiger partial charge in [0.15, 0.2) is 0 Å². The maximum absolute atomic E-state index is 5.59. The molecule has 0 bridgehead atoms. The molecule has 0 saturated heterocycles. The summed E-state index contributed by atoms with van der Waals surface area (Å²) in [5.41, 5.74) is 7.73. The highest BCUT2D eigenvalue weighted by Crippen LogP contribution is 2.39. The predicted molar refractivity (Wildman–Crippen MR) is 164 cm³/mol. The minimum absolute atomic E-state index is 0.741. The molecule has 0 fully saturated rings. The molecule has 1 heterocycles. The van der Waals surface area contributed by atoms with Crippen LogP contribution in [0.15, 0.2) is 66.7 Å². The first-order valence-electron chi connectivity index (χ1n) is 14.1. The number of methoxy groups -OCH3 is 2. The number of nitrogens with zero attached hydrogens (tertiary/aromatic N) is 4. The van der Waals surface area contributed by atoms with Gasteiger partial charge in [-0.1, -0.05) is 24.3 Å². The van der Waals surface area contributed by atoms with Crippen LogP contribution in [-0.2, 0) is 6.54 Å². The van der Waals surface area contributed by atoms with Crippen LogP contribution in [0, 0.1) is 0 Å². The molecule has 6 nitrogen and oxygen atoms in total. The van der Waals surface area contributed by atoms with E-state index in [1.807, 2.05) is 18.2 Å². The summed E-state index contributed by atoms with van der Waals surface area (Å²) >= 11 is 0. The quantitative estimate of drug-likeness (QED) is 0.190. The topological polar surface area (TPSA) is 42.8 Å². The van der Waals surface area contributed by atoms with E-state index in [1.54, 1.807) is 14.2 Å². The van der Waals surface area contributed by atoms with Crippen molar-refractivity contribution in [2.24, 2.45) is 0 Å². The van der Waals surface area contributed by atoms with Crippen LogP contribution in [0.1, 0.15) is 34.6 Å². The number of hydrogen-bond donors (Lipinski definition) is 0. The number of hydrogen-bond acceptors (Lipinski definition) is 5. The summed E-state index contributed by atoms with van der Waals surface area (Å²) in [6, 6.07) is 23.6. The van der Waals surface area contributed by atoms with Crippen molar-refractivity contribution in [1.82, 2.24) is 9.55 Å². The number of anilines is 2. The second-order valence-corrected chi connectivity index (χ2v) is 9.42. The van der Waals surface area contributed by atoms with Crippen LogP contribution >= 0.6 is 0 Å². The average Bonchev–Trinajstić information content (AvgIpc) is 3.38. The largest absolute Gasteiger partial charge is 0.497 e. The number of ether oxygens (including phenoxy) is 2. The van der Waals surface area contributed by atoms with Gasteiger partial charge in [0.05, 0.1) is 25.6 Å². The zero-order valence-corrected chi connectivity index (χ0v) is 24.5. The van der Waals surface area contributed by atoms with Gasteiger partial charge in [0.25, 0.3) is 0 Å². The fourth-order valence-corrected chi connectivity index (χ4v) is 5.25. The van der Waals surface area contributed by atoms with Crippen LogP contribution in [-0.4, -0.2) is 49.9 Å². The second kappa shape index (κ2) is 12.7. The van der Waals surface area contributed by atoms with Crippen LogP contribution in [0.25, 0.3) is 33.9 Å². The van der Waals surface area contributed by atoms with E-state index in [9.17, 15) is 0 Å². The SMILES string of the molecule is CCN(CC)c1ccc(-c2nc(-c3cc(OC)cc(OC)c3)n(CC)c2-c2ccc(N(CC)CC)cc2)cc1. The number of imidazole rings is 1. The Balaban J connectivity index is 1.92. The van der Waals surface area contributed by atoms with Gasteiger partial charge in [-0.3, -0.25) is 0 Å². The summed E-state index contributed by atoms with van der Waals surface area (Å²) in [5, 5.41) is 0. The van der Waals surface area contributed by atoms with Gasteiger partial charge in [0.2, 0.25) is 0 Å². The molecule has 0 atom stereocenters. The van der Waals surface area contributed by atoms with Crippen molar-refractivity contribution < 1.29 is 9.47 Å². The molecule has 206 valence electrons. The van der Waals surface area contributed by atoms with Gasteiger partial charge in [-0.05, 0) is 71.0 Å². The molecular formula is C33H42N4O2. The van der Waals surface area contributed by atoms with Crippen LogP contribution in [0.2, 0.25) is 0 Å². The molecule has 0 saturated carbocycles. The molecule has 1 aromatic heterocycles. The van der Waals surface area contributed by atoms with E-state index < -0.39 is 0 Å². The Hall–Kier alpha value is -3.93.